The van der Waals surface area contributed by atoms with Crippen LogP contribution in [0.1, 0.15) is 20.3 Å². The summed E-state index contributed by atoms with van der Waals surface area (Å²) in [6.45, 7) is 3.49. The monoisotopic (exact) mass is 98.1 g/mol. The van der Waals surface area contributed by atoms with Crippen molar-refractivity contribution in [1.29, 1.82) is 0 Å². The van der Waals surface area contributed by atoms with Crippen molar-refractivity contribution in [1.82, 2.24) is 0 Å². The van der Waals surface area contributed by atoms with Gasteiger partial charge in [0.15, 0.2) is 0 Å². The van der Waals surface area contributed by atoms with Crippen LogP contribution in [0.4, 0.5) is 0 Å². The van der Waals surface area contributed by atoms with E-state index in [9.17, 15) is 4.79 Å². The largest absolute Gasteiger partial charge is 0.300 e. The number of allylic oxidation sites excluding steroid dienone is 2. The Morgan fingerprint density at radius 2 is 2.29 bits per heavy atom. The zero-order chi connectivity index (χ0) is 5.70. The summed E-state index contributed by atoms with van der Waals surface area (Å²) in [6, 6.07) is 0. The molecule has 0 aliphatic heterocycles. The predicted octanol–water partition coefficient (Wildman–Crippen LogP) is 1.54. The van der Waals surface area contributed by atoms with E-state index < -0.39 is 0 Å². The molecule has 7 heavy (non-hydrogen) atoms. The van der Waals surface area contributed by atoms with Crippen molar-refractivity contribution >= 4 is 5.78 Å². The van der Waals surface area contributed by atoms with E-state index >= 15 is 0 Å². The summed E-state index contributed by atoms with van der Waals surface area (Å²) in [6.07, 6.45) is 4.31. The third-order valence-corrected chi connectivity index (χ3v) is 0.641. The topological polar surface area (TPSA) is 17.1 Å². The molecule has 0 aromatic rings. The van der Waals surface area contributed by atoms with Crippen LogP contribution in [0.2, 0.25) is 0 Å². The molecule has 0 aliphatic carbocycles. The maximum absolute atomic E-state index is 10.2. The predicted molar refractivity (Wildman–Crippen MR) is 30.1 cm³/mol. The summed E-state index contributed by atoms with van der Waals surface area (Å²) in [5, 5.41) is 0. The Labute approximate surface area is 44.0 Å². The van der Waals surface area contributed by atoms with Crippen LogP contribution in [-0.4, -0.2) is 5.78 Å². The van der Waals surface area contributed by atoms with Gasteiger partial charge in [-0.15, -0.1) is 0 Å². The molecule has 1 nitrogen and oxygen atoms in total. The molecule has 1 heteroatoms. The third-order valence-electron chi connectivity index (χ3n) is 0.641. The Balaban J connectivity index is 3.14. The lowest BCUT2D eigenvalue weighted by Crippen LogP contribution is -1.82. The average Bonchev–Trinajstić information content (AvgIpc) is 1.61. The van der Waals surface area contributed by atoms with Crippen LogP contribution in [0.5, 0.6) is 0 Å². The molecule has 0 bridgehead atoms. The number of Topliss-reactive ketones (excluding diaryl/α,β-unsaturated/α-hetero) is 1. The van der Waals surface area contributed by atoms with Gasteiger partial charge in [0.1, 0.15) is 5.78 Å². The Morgan fingerprint density at radius 1 is 1.71 bits per heavy atom. The summed E-state index contributed by atoms with van der Waals surface area (Å²) >= 11 is 0. The van der Waals surface area contributed by atoms with Gasteiger partial charge in [-0.25, -0.2) is 0 Å². The van der Waals surface area contributed by atoms with E-state index in [0.717, 1.165) is 0 Å². The lowest BCUT2D eigenvalue weighted by atomic mass is 10.3. The van der Waals surface area contributed by atoms with Gasteiger partial charge in [0.05, 0.1) is 0 Å². The minimum Gasteiger partial charge on any atom is -0.300 e. The second kappa shape index (κ2) is 3.59. The molecule has 0 rings (SSSR count). The first-order valence-electron chi connectivity index (χ1n) is 2.38. The summed E-state index contributed by atoms with van der Waals surface area (Å²) < 4.78 is 0. The highest BCUT2D eigenvalue weighted by molar-refractivity contribution is 5.76. The second-order valence-corrected chi connectivity index (χ2v) is 1.48. The zero-order valence-corrected chi connectivity index (χ0v) is 4.77. The van der Waals surface area contributed by atoms with Gasteiger partial charge in [0.25, 0.3) is 0 Å². The van der Waals surface area contributed by atoms with E-state index in [4.69, 9.17) is 0 Å². The van der Waals surface area contributed by atoms with Gasteiger partial charge in [-0.3, -0.25) is 4.79 Å². The van der Waals surface area contributed by atoms with Crippen molar-refractivity contribution in [2.45, 2.75) is 20.3 Å². The van der Waals surface area contributed by atoms with Gasteiger partial charge in [-0.05, 0) is 13.8 Å². The quantitative estimate of drug-likeness (QED) is 0.479. The fraction of sp³-hybridized carbons (Fsp3) is 0.500. The molecule has 0 N–H and O–H groups in total. The van der Waals surface area contributed by atoms with Crippen LogP contribution < -0.4 is 0 Å². The van der Waals surface area contributed by atoms with E-state index in [-0.39, 0.29) is 5.78 Å². The highest BCUT2D eigenvalue weighted by Crippen LogP contribution is 1.81. The van der Waals surface area contributed by atoms with Gasteiger partial charge in [-0.2, -0.15) is 0 Å². The lowest BCUT2D eigenvalue weighted by Gasteiger charge is -1.77. The van der Waals surface area contributed by atoms with Crippen LogP contribution >= 0.6 is 0 Å². The molecular formula is C6H10O. The van der Waals surface area contributed by atoms with Crippen molar-refractivity contribution in [3.63, 3.8) is 0 Å². The van der Waals surface area contributed by atoms with Crippen molar-refractivity contribution in [2.75, 3.05) is 0 Å². The molecule has 0 spiro atoms. The van der Waals surface area contributed by atoms with Crippen molar-refractivity contribution < 1.29 is 4.79 Å². The first-order valence-corrected chi connectivity index (χ1v) is 2.38. The molecule has 0 aromatic carbocycles. The minimum atomic E-state index is 0.220. The molecule has 0 aromatic heterocycles. The van der Waals surface area contributed by atoms with E-state index in [1.54, 1.807) is 6.92 Å². The van der Waals surface area contributed by atoms with Crippen LogP contribution in [0, 0.1) is 0 Å². The van der Waals surface area contributed by atoms with Crippen LogP contribution in [0.3, 0.4) is 0 Å². The Hall–Kier alpha value is -0.590. The van der Waals surface area contributed by atoms with Gasteiger partial charge in [-0.1, -0.05) is 12.2 Å². The average molecular weight is 98.1 g/mol. The first kappa shape index (κ1) is 6.41. The Kier molecular flexibility index (Phi) is 3.29. The SMILES string of the molecule is C/C=C\CC(C)=O. The fourth-order valence-electron chi connectivity index (χ4n) is 0.284. The molecule has 0 saturated heterocycles. The molecule has 0 aliphatic rings. The van der Waals surface area contributed by atoms with Crippen LogP contribution in [0.15, 0.2) is 12.2 Å². The van der Waals surface area contributed by atoms with Crippen molar-refractivity contribution in [3.05, 3.63) is 12.2 Å². The van der Waals surface area contributed by atoms with E-state index in [2.05, 4.69) is 0 Å². The molecule has 0 heterocycles. The van der Waals surface area contributed by atoms with Gasteiger partial charge < -0.3 is 0 Å². The number of hydrogen-bond donors (Lipinski definition) is 0. The summed E-state index contributed by atoms with van der Waals surface area (Å²) in [7, 11) is 0. The third kappa shape index (κ3) is 5.41. The summed E-state index contributed by atoms with van der Waals surface area (Å²) in [5.74, 6) is 0.220. The molecule has 0 atom stereocenters. The zero-order valence-electron chi connectivity index (χ0n) is 4.77. The van der Waals surface area contributed by atoms with Crippen molar-refractivity contribution in [3.8, 4) is 0 Å². The summed E-state index contributed by atoms with van der Waals surface area (Å²) in [5.41, 5.74) is 0. The van der Waals surface area contributed by atoms with Gasteiger partial charge in [0.2, 0.25) is 0 Å². The maximum atomic E-state index is 10.2. The molecular weight excluding hydrogens is 88.1 g/mol. The van der Waals surface area contributed by atoms with Gasteiger partial charge >= 0.3 is 0 Å². The maximum Gasteiger partial charge on any atom is 0.133 e. The standard InChI is InChI=1S/C6H10O/c1-3-4-5-6(2)7/h3-4H,5H2,1-2H3/b4-3-. The highest BCUT2D eigenvalue weighted by Gasteiger charge is 1.81. The first-order chi connectivity index (χ1) is 3.27. The van der Waals surface area contributed by atoms with Gasteiger partial charge in [0, 0.05) is 6.42 Å². The molecule has 0 unspecified atom stereocenters. The number of ketones is 1. The van der Waals surface area contributed by atoms with Crippen molar-refractivity contribution in [2.24, 2.45) is 0 Å². The smallest absolute Gasteiger partial charge is 0.133 e. The second-order valence-electron chi connectivity index (χ2n) is 1.48. The number of carbonyl (C=O) groups is 1. The molecule has 0 saturated carbocycles. The van der Waals surface area contributed by atoms with E-state index in [1.807, 2.05) is 19.1 Å². The molecule has 0 fully saturated rings. The number of rotatable bonds is 2. The Morgan fingerprint density at radius 3 is 2.43 bits per heavy atom. The molecule has 0 radical (unpaired) electrons. The lowest BCUT2D eigenvalue weighted by molar-refractivity contribution is -0.116. The minimum absolute atomic E-state index is 0.220. The fourth-order valence-corrected chi connectivity index (χ4v) is 0.284. The molecule has 40 valence electrons. The van der Waals surface area contributed by atoms with Crippen LogP contribution in [0.25, 0.3) is 0 Å². The normalized spacial score (nSPS) is 10.0. The highest BCUT2D eigenvalue weighted by atomic mass is 16.1. The van der Waals surface area contributed by atoms with E-state index in [0.29, 0.717) is 6.42 Å². The Bertz CT molecular complexity index is 82.2. The number of hydrogen-bond acceptors (Lipinski definition) is 1. The summed E-state index contributed by atoms with van der Waals surface area (Å²) in [4.78, 5) is 10.2. The molecule has 0 amide bonds. The number of carbonyl (C=O) groups excluding carboxylic acids is 1. The van der Waals surface area contributed by atoms with E-state index in [1.165, 1.54) is 0 Å². The van der Waals surface area contributed by atoms with Crippen LogP contribution in [-0.2, 0) is 4.79 Å².